The van der Waals surface area contributed by atoms with Crippen molar-refractivity contribution < 1.29 is 24.2 Å². The van der Waals surface area contributed by atoms with Crippen LogP contribution in [0.2, 0.25) is 0 Å². The number of carbonyl (C=O) groups excluding carboxylic acids is 1. The summed E-state index contributed by atoms with van der Waals surface area (Å²) in [5.41, 5.74) is -1.14. The lowest BCUT2D eigenvalue weighted by Gasteiger charge is -2.35. The van der Waals surface area contributed by atoms with E-state index in [4.69, 9.17) is 9.47 Å². The van der Waals surface area contributed by atoms with E-state index in [0.29, 0.717) is 11.0 Å². The molecular formula is C20H27BrN2O5. The quantitative estimate of drug-likeness (QED) is 0.688. The maximum Gasteiger partial charge on any atom is 0.410 e. The van der Waals surface area contributed by atoms with Crippen molar-refractivity contribution in [1.29, 1.82) is 0 Å². The van der Waals surface area contributed by atoms with Gasteiger partial charge in [-0.1, -0.05) is 18.9 Å². The third-order valence-electron chi connectivity index (χ3n) is 5.47. The Kier molecular flexibility index (Phi) is 5.74. The Morgan fingerprint density at radius 1 is 1.29 bits per heavy atom. The second kappa shape index (κ2) is 7.63. The summed E-state index contributed by atoms with van der Waals surface area (Å²) in [6, 6.07) is 3.68. The molecule has 0 radical (unpaired) electrons. The largest absolute Gasteiger partial charge is 0.480 e. The van der Waals surface area contributed by atoms with Gasteiger partial charge in [-0.25, -0.2) is 14.6 Å². The van der Waals surface area contributed by atoms with Gasteiger partial charge in [0.1, 0.15) is 22.4 Å². The summed E-state index contributed by atoms with van der Waals surface area (Å²) in [6.07, 6.45) is 5.60. The normalized spacial score (nSPS) is 23.9. The summed E-state index contributed by atoms with van der Waals surface area (Å²) in [5, 5.41) is 9.21. The molecule has 2 heterocycles. The van der Waals surface area contributed by atoms with E-state index in [1.165, 1.54) is 0 Å². The molecular weight excluding hydrogens is 428 g/mol. The molecule has 28 heavy (non-hydrogen) atoms. The summed E-state index contributed by atoms with van der Waals surface area (Å²) in [5.74, 6) is -1.04. The Morgan fingerprint density at radius 3 is 2.50 bits per heavy atom. The van der Waals surface area contributed by atoms with E-state index in [0.717, 1.165) is 31.2 Å². The molecule has 1 N–H and O–H groups in total. The molecule has 154 valence electrons. The minimum atomic E-state index is -1.04. The van der Waals surface area contributed by atoms with Crippen LogP contribution in [0.4, 0.5) is 4.79 Å². The SMILES string of the molecule is CC(C)(C)OC(=O)N1CC(OCC(=O)O)(c2ccc(Br)nc2)CC12CCCC2. The second-order valence-corrected chi connectivity index (χ2v) is 9.53. The number of carboxylic acids is 1. The smallest absolute Gasteiger partial charge is 0.410 e. The topological polar surface area (TPSA) is 89.0 Å². The summed E-state index contributed by atoms with van der Waals surface area (Å²) in [7, 11) is 0. The third-order valence-corrected chi connectivity index (χ3v) is 5.94. The Bertz CT molecular complexity index is 740. The fourth-order valence-corrected chi connectivity index (χ4v) is 4.61. The number of aromatic nitrogens is 1. The van der Waals surface area contributed by atoms with Crippen molar-refractivity contribution in [2.75, 3.05) is 13.2 Å². The van der Waals surface area contributed by atoms with Gasteiger partial charge in [-0.2, -0.15) is 0 Å². The van der Waals surface area contributed by atoms with E-state index in [9.17, 15) is 14.7 Å². The van der Waals surface area contributed by atoms with Crippen molar-refractivity contribution in [3.05, 3.63) is 28.5 Å². The average Bonchev–Trinajstić information content (AvgIpc) is 3.18. The number of ether oxygens (including phenoxy) is 2. The van der Waals surface area contributed by atoms with Crippen molar-refractivity contribution >= 4 is 28.0 Å². The van der Waals surface area contributed by atoms with Crippen molar-refractivity contribution in [1.82, 2.24) is 9.88 Å². The Labute approximate surface area is 173 Å². The molecule has 2 aliphatic rings. The van der Waals surface area contributed by atoms with E-state index in [-0.39, 0.29) is 18.2 Å². The van der Waals surface area contributed by atoms with E-state index >= 15 is 0 Å². The van der Waals surface area contributed by atoms with Crippen molar-refractivity contribution in [2.24, 2.45) is 0 Å². The molecule has 3 rings (SSSR count). The first-order valence-electron chi connectivity index (χ1n) is 9.54. The van der Waals surface area contributed by atoms with Crippen LogP contribution in [-0.4, -0.2) is 51.3 Å². The molecule has 1 amide bonds. The lowest BCUT2D eigenvalue weighted by Crippen LogP contribution is -2.47. The first-order chi connectivity index (χ1) is 13.1. The molecule has 1 saturated heterocycles. The fourth-order valence-electron chi connectivity index (χ4n) is 4.38. The van der Waals surface area contributed by atoms with Gasteiger partial charge in [-0.15, -0.1) is 0 Å². The zero-order valence-electron chi connectivity index (χ0n) is 16.5. The molecule has 1 saturated carbocycles. The van der Waals surface area contributed by atoms with E-state index in [2.05, 4.69) is 20.9 Å². The number of amides is 1. The molecule has 8 heteroatoms. The highest BCUT2D eigenvalue weighted by molar-refractivity contribution is 9.10. The fraction of sp³-hybridized carbons (Fsp3) is 0.650. The zero-order chi connectivity index (χ0) is 20.6. The number of carbonyl (C=O) groups is 2. The molecule has 1 spiro atoms. The molecule has 1 aliphatic heterocycles. The van der Waals surface area contributed by atoms with Gasteiger partial charge < -0.3 is 14.6 Å². The van der Waals surface area contributed by atoms with Crippen molar-refractivity contribution in [2.45, 2.75) is 69.6 Å². The molecule has 1 atom stereocenters. The van der Waals surface area contributed by atoms with Crippen LogP contribution in [0.1, 0.15) is 58.4 Å². The van der Waals surface area contributed by atoms with Gasteiger partial charge in [0.2, 0.25) is 0 Å². The first-order valence-corrected chi connectivity index (χ1v) is 10.3. The summed E-state index contributed by atoms with van der Waals surface area (Å²) in [6.45, 7) is 5.34. The summed E-state index contributed by atoms with van der Waals surface area (Å²) in [4.78, 5) is 30.4. The van der Waals surface area contributed by atoms with Crippen LogP contribution in [0.25, 0.3) is 0 Å². The van der Waals surface area contributed by atoms with Crippen LogP contribution in [-0.2, 0) is 19.9 Å². The van der Waals surface area contributed by atoms with Crippen LogP contribution in [0.15, 0.2) is 22.9 Å². The number of hydrogen-bond donors (Lipinski definition) is 1. The lowest BCUT2D eigenvalue weighted by molar-refractivity contribution is -0.150. The Hall–Kier alpha value is -1.67. The number of carboxylic acid groups (broad SMARTS) is 1. The Morgan fingerprint density at radius 2 is 1.96 bits per heavy atom. The van der Waals surface area contributed by atoms with E-state index < -0.39 is 23.8 Å². The lowest BCUT2D eigenvalue weighted by atomic mass is 9.84. The standard InChI is InChI=1S/C20H27BrN2O5/c1-18(2,3)28-17(26)23-13-20(27-11-16(24)25,12-19(23)8-4-5-9-19)14-6-7-15(21)22-10-14/h6-7,10H,4-5,8-9,11-13H2,1-3H3,(H,24,25). The summed E-state index contributed by atoms with van der Waals surface area (Å²) < 4.78 is 12.3. The number of nitrogens with zero attached hydrogens (tertiary/aromatic N) is 2. The van der Waals surface area contributed by atoms with E-state index in [1.807, 2.05) is 26.8 Å². The highest BCUT2D eigenvalue weighted by atomic mass is 79.9. The minimum Gasteiger partial charge on any atom is -0.480 e. The van der Waals surface area contributed by atoms with Crippen LogP contribution in [0, 0.1) is 0 Å². The van der Waals surface area contributed by atoms with E-state index in [1.54, 1.807) is 17.2 Å². The van der Waals surface area contributed by atoms with Gasteiger partial charge in [-0.05, 0) is 55.6 Å². The van der Waals surface area contributed by atoms with Crippen LogP contribution >= 0.6 is 15.9 Å². The van der Waals surface area contributed by atoms with Gasteiger partial charge in [-0.3, -0.25) is 4.90 Å². The molecule has 1 unspecified atom stereocenters. The molecule has 7 nitrogen and oxygen atoms in total. The Balaban J connectivity index is 1.99. The van der Waals surface area contributed by atoms with Crippen LogP contribution in [0.3, 0.4) is 0 Å². The summed E-state index contributed by atoms with van der Waals surface area (Å²) >= 11 is 3.33. The molecule has 0 aromatic carbocycles. The molecule has 0 bridgehead atoms. The number of hydrogen-bond acceptors (Lipinski definition) is 5. The van der Waals surface area contributed by atoms with Gasteiger partial charge >= 0.3 is 12.1 Å². The number of aliphatic carboxylic acids is 1. The maximum absolute atomic E-state index is 13.0. The average molecular weight is 455 g/mol. The predicted molar refractivity (Wildman–Crippen MR) is 106 cm³/mol. The first kappa shape index (κ1) is 21.0. The second-order valence-electron chi connectivity index (χ2n) is 8.72. The molecule has 1 aromatic rings. The number of likely N-dealkylation sites (tertiary alicyclic amines) is 1. The molecule has 2 fully saturated rings. The molecule has 1 aromatic heterocycles. The number of rotatable bonds is 4. The van der Waals surface area contributed by atoms with Crippen molar-refractivity contribution in [3.8, 4) is 0 Å². The minimum absolute atomic E-state index is 0.249. The third kappa shape index (κ3) is 4.33. The maximum atomic E-state index is 13.0. The van der Waals surface area contributed by atoms with Crippen LogP contribution < -0.4 is 0 Å². The molecule has 1 aliphatic carbocycles. The number of halogens is 1. The van der Waals surface area contributed by atoms with Gasteiger partial charge in [0.25, 0.3) is 0 Å². The van der Waals surface area contributed by atoms with Crippen LogP contribution in [0.5, 0.6) is 0 Å². The van der Waals surface area contributed by atoms with Gasteiger partial charge in [0.05, 0.1) is 6.54 Å². The monoisotopic (exact) mass is 454 g/mol. The zero-order valence-corrected chi connectivity index (χ0v) is 18.1. The van der Waals surface area contributed by atoms with Gasteiger partial charge in [0.15, 0.2) is 0 Å². The number of pyridine rings is 1. The highest BCUT2D eigenvalue weighted by Gasteiger charge is 2.58. The van der Waals surface area contributed by atoms with Crippen molar-refractivity contribution in [3.63, 3.8) is 0 Å². The predicted octanol–water partition coefficient (Wildman–Crippen LogP) is 4.09. The van der Waals surface area contributed by atoms with Gasteiger partial charge in [0, 0.05) is 23.7 Å². The highest BCUT2D eigenvalue weighted by Crippen LogP contribution is 2.52.